The number of fused-ring (bicyclic) bond motifs is 1. The van der Waals surface area contributed by atoms with E-state index in [4.69, 9.17) is 14.2 Å². The Morgan fingerprint density at radius 3 is 2.52 bits per heavy atom. The van der Waals surface area contributed by atoms with Gasteiger partial charge in [0.2, 0.25) is 5.88 Å². The van der Waals surface area contributed by atoms with Crippen LogP contribution in [0.25, 0.3) is 10.9 Å². The molecule has 1 heterocycles. The van der Waals surface area contributed by atoms with Crippen LogP contribution >= 0.6 is 0 Å². The molecule has 0 radical (unpaired) electrons. The molecular weight excluding hydrogens is 403 g/mol. The van der Waals surface area contributed by atoms with Crippen LogP contribution in [0.2, 0.25) is 0 Å². The Labute approximate surface area is 176 Å². The zero-order valence-electron chi connectivity index (χ0n) is 16.4. The van der Waals surface area contributed by atoms with Gasteiger partial charge in [-0.1, -0.05) is 30.3 Å². The first-order valence-corrected chi connectivity index (χ1v) is 9.31. The van der Waals surface area contributed by atoms with Crippen LogP contribution in [0.1, 0.15) is 5.56 Å². The molecule has 0 fully saturated rings. The van der Waals surface area contributed by atoms with Crippen molar-refractivity contribution in [3.63, 3.8) is 0 Å². The van der Waals surface area contributed by atoms with Gasteiger partial charge in [-0.2, -0.15) is 0 Å². The number of rotatable bonds is 7. The maximum Gasteiger partial charge on any atom is 0.272 e. The third-order valence-electron chi connectivity index (χ3n) is 4.53. The minimum atomic E-state index is -0.853. The van der Waals surface area contributed by atoms with Crippen molar-refractivity contribution in [3.05, 3.63) is 94.3 Å². The van der Waals surface area contributed by atoms with E-state index in [1.165, 1.54) is 19.2 Å². The molecule has 0 saturated carbocycles. The van der Waals surface area contributed by atoms with E-state index in [9.17, 15) is 14.5 Å². The summed E-state index contributed by atoms with van der Waals surface area (Å²) in [5.74, 6) is 0.128. The van der Waals surface area contributed by atoms with Crippen molar-refractivity contribution < 1.29 is 23.5 Å². The highest BCUT2D eigenvalue weighted by Gasteiger charge is 2.16. The number of ether oxygens (including phenoxy) is 3. The maximum absolute atomic E-state index is 14.4. The molecule has 7 nitrogen and oxygen atoms in total. The van der Waals surface area contributed by atoms with Crippen molar-refractivity contribution in [2.45, 2.75) is 6.61 Å². The monoisotopic (exact) mass is 420 g/mol. The van der Waals surface area contributed by atoms with E-state index in [1.807, 2.05) is 30.3 Å². The second kappa shape index (κ2) is 8.66. The van der Waals surface area contributed by atoms with Crippen LogP contribution < -0.4 is 14.2 Å². The molecule has 4 rings (SSSR count). The number of non-ortho nitro benzene ring substituents is 1. The van der Waals surface area contributed by atoms with E-state index in [-0.39, 0.29) is 17.2 Å². The standard InChI is InChI=1S/C23H17FN2O5/c1-29-17-8-9-20-18(12-17)22(31-21-10-7-16(26(27)28)11-19(21)24)13-23(25-20)30-14-15-5-3-2-4-6-15/h2-13H,14H2,1H3. The molecule has 0 atom stereocenters. The summed E-state index contributed by atoms with van der Waals surface area (Å²) in [5.41, 5.74) is 1.16. The third kappa shape index (κ3) is 4.53. The van der Waals surface area contributed by atoms with Gasteiger partial charge in [0.15, 0.2) is 11.6 Å². The van der Waals surface area contributed by atoms with Gasteiger partial charge in [0, 0.05) is 17.5 Å². The number of hydrogen-bond acceptors (Lipinski definition) is 6. The van der Waals surface area contributed by atoms with E-state index in [0.717, 1.165) is 11.6 Å². The van der Waals surface area contributed by atoms with Crippen molar-refractivity contribution in [2.24, 2.45) is 0 Å². The Kier molecular flexibility index (Phi) is 5.61. The van der Waals surface area contributed by atoms with Crippen LogP contribution in [0.3, 0.4) is 0 Å². The summed E-state index contributed by atoms with van der Waals surface area (Å²) in [6, 6.07) is 19.5. The number of nitro groups is 1. The second-order valence-electron chi connectivity index (χ2n) is 6.59. The van der Waals surface area contributed by atoms with Crippen LogP contribution in [0, 0.1) is 15.9 Å². The van der Waals surface area contributed by atoms with E-state index < -0.39 is 10.7 Å². The van der Waals surface area contributed by atoms with Crippen molar-refractivity contribution in [1.82, 2.24) is 4.98 Å². The van der Waals surface area contributed by atoms with Crippen molar-refractivity contribution in [3.8, 4) is 23.1 Å². The summed E-state index contributed by atoms with van der Waals surface area (Å²) < 4.78 is 31.3. The maximum atomic E-state index is 14.4. The molecule has 0 amide bonds. The van der Waals surface area contributed by atoms with Gasteiger partial charge in [0.25, 0.3) is 5.69 Å². The van der Waals surface area contributed by atoms with E-state index >= 15 is 0 Å². The lowest BCUT2D eigenvalue weighted by Gasteiger charge is -2.13. The Hall–Kier alpha value is -4.20. The van der Waals surface area contributed by atoms with Crippen LogP contribution in [-0.4, -0.2) is 17.0 Å². The van der Waals surface area contributed by atoms with E-state index in [0.29, 0.717) is 29.1 Å². The molecule has 0 unspecified atom stereocenters. The molecular formula is C23H17FN2O5. The number of nitro benzene ring substituents is 1. The molecule has 0 aliphatic heterocycles. The summed E-state index contributed by atoms with van der Waals surface area (Å²) in [5, 5.41) is 11.4. The lowest BCUT2D eigenvalue weighted by Crippen LogP contribution is -1.99. The lowest BCUT2D eigenvalue weighted by molar-refractivity contribution is -0.385. The van der Waals surface area contributed by atoms with Gasteiger partial charge in [-0.3, -0.25) is 10.1 Å². The van der Waals surface area contributed by atoms with Gasteiger partial charge >= 0.3 is 0 Å². The number of methoxy groups -OCH3 is 1. The second-order valence-corrected chi connectivity index (χ2v) is 6.59. The number of benzene rings is 3. The highest BCUT2D eigenvalue weighted by molar-refractivity contribution is 5.87. The lowest BCUT2D eigenvalue weighted by atomic mass is 10.2. The molecule has 8 heteroatoms. The molecule has 31 heavy (non-hydrogen) atoms. The molecule has 0 N–H and O–H groups in total. The summed E-state index contributed by atoms with van der Waals surface area (Å²) >= 11 is 0. The van der Waals surface area contributed by atoms with Crippen molar-refractivity contribution >= 4 is 16.6 Å². The molecule has 1 aromatic heterocycles. The number of halogens is 1. The Balaban J connectivity index is 1.71. The predicted molar refractivity (Wildman–Crippen MR) is 112 cm³/mol. The van der Waals surface area contributed by atoms with Crippen molar-refractivity contribution in [2.75, 3.05) is 7.11 Å². The number of pyridine rings is 1. The molecule has 0 aliphatic rings. The minimum absolute atomic E-state index is 0.157. The van der Waals surface area contributed by atoms with Gasteiger partial charge in [-0.15, -0.1) is 0 Å². The first-order chi connectivity index (χ1) is 15.0. The summed E-state index contributed by atoms with van der Waals surface area (Å²) in [4.78, 5) is 14.7. The third-order valence-corrected chi connectivity index (χ3v) is 4.53. The summed E-state index contributed by atoms with van der Waals surface area (Å²) in [7, 11) is 1.53. The zero-order valence-corrected chi connectivity index (χ0v) is 16.4. The molecule has 156 valence electrons. The van der Waals surface area contributed by atoms with Crippen LogP contribution in [0.4, 0.5) is 10.1 Å². The zero-order chi connectivity index (χ0) is 21.8. The van der Waals surface area contributed by atoms with Gasteiger partial charge < -0.3 is 14.2 Å². The van der Waals surface area contributed by atoms with Crippen LogP contribution in [0.5, 0.6) is 23.1 Å². The molecule has 0 saturated heterocycles. The van der Waals surface area contributed by atoms with E-state index in [1.54, 1.807) is 24.3 Å². The molecule has 4 aromatic rings. The Morgan fingerprint density at radius 1 is 1.00 bits per heavy atom. The predicted octanol–water partition coefficient (Wildman–Crippen LogP) is 5.66. The number of hydrogen-bond donors (Lipinski definition) is 0. The largest absolute Gasteiger partial charge is 0.497 e. The average Bonchev–Trinajstić information content (AvgIpc) is 2.79. The minimum Gasteiger partial charge on any atom is -0.497 e. The molecule has 0 spiro atoms. The van der Waals surface area contributed by atoms with E-state index in [2.05, 4.69) is 4.98 Å². The smallest absolute Gasteiger partial charge is 0.272 e. The number of aromatic nitrogens is 1. The topological polar surface area (TPSA) is 83.7 Å². The Bertz CT molecular complexity index is 1250. The molecule has 0 aliphatic carbocycles. The molecule has 3 aromatic carbocycles. The molecule has 0 bridgehead atoms. The van der Waals surface area contributed by atoms with Crippen molar-refractivity contribution in [1.29, 1.82) is 0 Å². The van der Waals surface area contributed by atoms with Gasteiger partial charge in [0.05, 0.1) is 23.6 Å². The fraction of sp³-hybridized carbons (Fsp3) is 0.0870. The normalized spacial score (nSPS) is 10.6. The fourth-order valence-corrected chi connectivity index (χ4v) is 2.97. The summed E-state index contributed by atoms with van der Waals surface area (Å²) in [6.07, 6.45) is 0. The van der Waals surface area contributed by atoms with Gasteiger partial charge in [-0.25, -0.2) is 9.37 Å². The first kappa shape index (κ1) is 20.1. The average molecular weight is 420 g/mol. The fourth-order valence-electron chi connectivity index (χ4n) is 2.97. The quantitative estimate of drug-likeness (QED) is 0.283. The SMILES string of the molecule is COc1ccc2nc(OCc3ccccc3)cc(Oc3ccc([N+](=O)[O-])cc3F)c2c1. The van der Waals surface area contributed by atoms with Crippen LogP contribution in [-0.2, 0) is 6.61 Å². The highest BCUT2D eigenvalue weighted by atomic mass is 19.1. The Morgan fingerprint density at radius 2 is 1.81 bits per heavy atom. The van der Waals surface area contributed by atoms with Crippen LogP contribution in [0.15, 0.2) is 72.8 Å². The summed E-state index contributed by atoms with van der Waals surface area (Å²) in [6.45, 7) is 0.292. The van der Waals surface area contributed by atoms with Gasteiger partial charge in [0.1, 0.15) is 18.1 Å². The van der Waals surface area contributed by atoms with Gasteiger partial charge in [-0.05, 0) is 29.8 Å². The number of nitrogens with zero attached hydrogens (tertiary/aromatic N) is 2. The first-order valence-electron chi connectivity index (χ1n) is 9.31. The highest BCUT2D eigenvalue weighted by Crippen LogP contribution is 2.36.